The van der Waals surface area contributed by atoms with Crippen LogP contribution in [0.25, 0.3) is 20.8 Å². The fraction of sp³-hybridized carbons (Fsp3) is 0.167. The number of para-hydroxylation sites is 1. The van der Waals surface area contributed by atoms with Crippen LogP contribution in [0, 0.1) is 20.8 Å². The molecule has 5 heteroatoms. The van der Waals surface area contributed by atoms with Gasteiger partial charge in [-0.1, -0.05) is 30.3 Å². The molecular weight excluding hydrogens is 380 g/mol. The summed E-state index contributed by atoms with van der Waals surface area (Å²) in [5, 5.41) is 3.91. The minimum absolute atomic E-state index is 0.0344. The number of carbonyl (C=O) groups is 1. The van der Waals surface area contributed by atoms with Crippen LogP contribution < -0.4 is 10.1 Å². The molecule has 4 rings (SSSR count). The maximum Gasteiger partial charge on any atom is 0.262 e. The van der Waals surface area contributed by atoms with E-state index >= 15 is 0 Å². The average Bonchev–Trinajstić information content (AvgIpc) is 3.14. The Morgan fingerprint density at radius 2 is 1.83 bits per heavy atom. The van der Waals surface area contributed by atoms with Gasteiger partial charge in [0.15, 0.2) is 6.61 Å². The van der Waals surface area contributed by atoms with Crippen LogP contribution in [-0.2, 0) is 4.79 Å². The summed E-state index contributed by atoms with van der Waals surface area (Å²) < 4.78 is 6.80. The fourth-order valence-corrected chi connectivity index (χ4v) is 4.18. The molecule has 4 aromatic rings. The normalized spacial score (nSPS) is 10.9. The van der Waals surface area contributed by atoms with E-state index in [0.717, 1.165) is 37.6 Å². The molecule has 0 saturated heterocycles. The van der Waals surface area contributed by atoms with E-state index in [1.54, 1.807) is 11.3 Å². The Kier molecular flexibility index (Phi) is 5.32. The van der Waals surface area contributed by atoms with Crippen LogP contribution in [0.5, 0.6) is 5.75 Å². The van der Waals surface area contributed by atoms with Gasteiger partial charge in [0.25, 0.3) is 5.91 Å². The van der Waals surface area contributed by atoms with E-state index < -0.39 is 0 Å². The molecule has 1 amide bonds. The number of carbonyl (C=O) groups excluding carboxylic acids is 1. The minimum Gasteiger partial charge on any atom is -0.484 e. The van der Waals surface area contributed by atoms with Gasteiger partial charge in [-0.2, -0.15) is 0 Å². The lowest BCUT2D eigenvalue weighted by Crippen LogP contribution is -2.20. The van der Waals surface area contributed by atoms with Gasteiger partial charge in [-0.05, 0) is 67.8 Å². The van der Waals surface area contributed by atoms with Gasteiger partial charge in [0.1, 0.15) is 10.8 Å². The lowest BCUT2D eigenvalue weighted by atomic mass is 10.1. The molecule has 0 aliphatic heterocycles. The van der Waals surface area contributed by atoms with Crippen molar-refractivity contribution in [3.63, 3.8) is 0 Å². The van der Waals surface area contributed by atoms with Crippen LogP contribution in [0.1, 0.15) is 16.7 Å². The van der Waals surface area contributed by atoms with Crippen molar-refractivity contribution in [2.75, 3.05) is 11.9 Å². The SMILES string of the molecule is Cc1ccc(OCC(=O)Nc2cccc(-c3nc4ccccc4s3)c2C)cc1C. The smallest absolute Gasteiger partial charge is 0.262 e. The Bertz CT molecular complexity index is 1160. The first-order valence-electron chi connectivity index (χ1n) is 9.47. The maximum absolute atomic E-state index is 12.4. The summed E-state index contributed by atoms with van der Waals surface area (Å²) in [4.78, 5) is 17.2. The van der Waals surface area contributed by atoms with Crippen molar-refractivity contribution in [2.24, 2.45) is 0 Å². The molecule has 0 radical (unpaired) electrons. The van der Waals surface area contributed by atoms with Crippen LogP contribution in [0.2, 0.25) is 0 Å². The minimum atomic E-state index is -0.187. The number of benzene rings is 3. The highest BCUT2D eigenvalue weighted by atomic mass is 32.1. The predicted molar refractivity (Wildman–Crippen MR) is 120 cm³/mol. The van der Waals surface area contributed by atoms with Crippen molar-refractivity contribution >= 4 is 33.1 Å². The zero-order chi connectivity index (χ0) is 20.4. The van der Waals surface area contributed by atoms with Crippen LogP contribution in [0.15, 0.2) is 60.7 Å². The first-order valence-corrected chi connectivity index (χ1v) is 10.3. The fourth-order valence-electron chi connectivity index (χ4n) is 3.13. The molecule has 0 bridgehead atoms. The van der Waals surface area contributed by atoms with Gasteiger partial charge >= 0.3 is 0 Å². The Labute approximate surface area is 174 Å². The number of aryl methyl sites for hydroxylation is 2. The summed E-state index contributed by atoms with van der Waals surface area (Å²) in [6, 6.07) is 19.8. The molecule has 1 aromatic heterocycles. The van der Waals surface area contributed by atoms with Crippen molar-refractivity contribution in [2.45, 2.75) is 20.8 Å². The molecule has 0 fully saturated rings. The van der Waals surface area contributed by atoms with Gasteiger partial charge in [-0.25, -0.2) is 4.98 Å². The van der Waals surface area contributed by atoms with Gasteiger partial charge in [0.2, 0.25) is 0 Å². The Balaban J connectivity index is 1.49. The number of amides is 1. The Hall–Kier alpha value is -3.18. The molecule has 1 heterocycles. The first-order chi connectivity index (χ1) is 14.0. The third kappa shape index (κ3) is 4.15. The van der Waals surface area contributed by atoms with E-state index in [1.807, 2.05) is 75.4 Å². The number of thiazole rings is 1. The highest BCUT2D eigenvalue weighted by molar-refractivity contribution is 7.21. The second kappa shape index (κ2) is 8.05. The van der Waals surface area contributed by atoms with E-state index in [4.69, 9.17) is 9.72 Å². The summed E-state index contributed by atoms with van der Waals surface area (Å²) in [6.07, 6.45) is 0. The number of nitrogens with zero attached hydrogens (tertiary/aromatic N) is 1. The quantitative estimate of drug-likeness (QED) is 0.452. The van der Waals surface area contributed by atoms with Crippen molar-refractivity contribution in [1.29, 1.82) is 0 Å². The van der Waals surface area contributed by atoms with E-state index in [9.17, 15) is 4.79 Å². The third-order valence-electron chi connectivity index (χ3n) is 4.98. The molecule has 3 aromatic carbocycles. The van der Waals surface area contributed by atoms with Gasteiger partial charge < -0.3 is 10.1 Å². The number of rotatable bonds is 5. The first kappa shape index (κ1) is 19.2. The molecule has 0 aliphatic carbocycles. The predicted octanol–water partition coefficient (Wildman–Crippen LogP) is 5.91. The van der Waals surface area contributed by atoms with Crippen molar-refractivity contribution in [3.05, 3.63) is 77.4 Å². The lowest BCUT2D eigenvalue weighted by molar-refractivity contribution is -0.118. The van der Waals surface area contributed by atoms with Crippen LogP contribution in [0.3, 0.4) is 0 Å². The highest BCUT2D eigenvalue weighted by Gasteiger charge is 2.13. The van der Waals surface area contributed by atoms with Gasteiger partial charge in [0, 0.05) is 11.3 Å². The number of hydrogen-bond acceptors (Lipinski definition) is 4. The summed E-state index contributed by atoms with van der Waals surface area (Å²) in [5.41, 5.74) is 6.12. The molecular formula is C24H22N2O2S. The van der Waals surface area contributed by atoms with Crippen LogP contribution in [-0.4, -0.2) is 17.5 Å². The zero-order valence-corrected chi connectivity index (χ0v) is 17.5. The lowest BCUT2D eigenvalue weighted by Gasteiger charge is -2.12. The second-order valence-corrected chi connectivity index (χ2v) is 8.08. The van der Waals surface area contributed by atoms with E-state index in [2.05, 4.69) is 11.4 Å². The molecule has 29 heavy (non-hydrogen) atoms. The van der Waals surface area contributed by atoms with Gasteiger partial charge in [-0.15, -0.1) is 11.3 Å². The molecule has 0 atom stereocenters. The van der Waals surface area contributed by atoms with E-state index in [-0.39, 0.29) is 12.5 Å². The maximum atomic E-state index is 12.4. The molecule has 1 N–H and O–H groups in total. The van der Waals surface area contributed by atoms with Crippen molar-refractivity contribution in [1.82, 2.24) is 4.98 Å². The number of anilines is 1. The van der Waals surface area contributed by atoms with Crippen molar-refractivity contribution in [3.8, 4) is 16.3 Å². The topological polar surface area (TPSA) is 51.2 Å². The Morgan fingerprint density at radius 3 is 2.62 bits per heavy atom. The molecule has 0 spiro atoms. The summed E-state index contributed by atoms with van der Waals surface area (Å²) in [5.74, 6) is 0.510. The Morgan fingerprint density at radius 1 is 1.00 bits per heavy atom. The standard InChI is InChI=1S/C24H22N2O2S/c1-15-11-12-18(13-16(15)2)28-14-23(27)25-20-9-6-7-19(17(20)3)24-26-21-8-4-5-10-22(21)29-24/h4-13H,14H2,1-3H3,(H,25,27). The van der Waals surface area contributed by atoms with Gasteiger partial charge in [0.05, 0.1) is 10.2 Å². The molecule has 0 aliphatic rings. The third-order valence-corrected chi connectivity index (χ3v) is 6.05. The van der Waals surface area contributed by atoms with Crippen molar-refractivity contribution < 1.29 is 9.53 Å². The van der Waals surface area contributed by atoms with E-state index in [1.165, 1.54) is 5.56 Å². The number of nitrogens with one attached hydrogen (secondary N) is 1. The molecule has 0 saturated carbocycles. The van der Waals surface area contributed by atoms with E-state index in [0.29, 0.717) is 5.75 Å². The highest BCUT2D eigenvalue weighted by Crippen LogP contribution is 2.34. The summed E-state index contributed by atoms with van der Waals surface area (Å²) in [6.45, 7) is 6.04. The number of aromatic nitrogens is 1. The average molecular weight is 403 g/mol. The number of hydrogen-bond donors (Lipinski definition) is 1. The van der Waals surface area contributed by atoms with Crippen LogP contribution in [0.4, 0.5) is 5.69 Å². The second-order valence-electron chi connectivity index (χ2n) is 7.05. The van der Waals surface area contributed by atoms with Gasteiger partial charge in [-0.3, -0.25) is 4.79 Å². The summed E-state index contributed by atoms with van der Waals surface area (Å²) >= 11 is 1.65. The monoisotopic (exact) mass is 402 g/mol. The number of ether oxygens (including phenoxy) is 1. The zero-order valence-electron chi connectivity index (χ0n) is 16.7. The number of fused-ring (bicyclic) bond motifs is 1. The molecule has 146 valence electrons. The van der Waals surface area contributed by atoms with Crippen LogP contribution >= 0.6 is 11.3 Å². The molecule has 0 unspecified atom stereocenters. The molecule has 4 nitrogen and oxygen atoms in total. The summed E-state index contributed by atoms with van der Waals surface area (Å²) in [7, 11) is 0. The largest absolute Gasteiger partial charge is 0.484 e.